The van der Waals surface area contributed by atoms with Gasteiger partial charge in [0.25, 0.3) is 10.1 Å². The van der Waals surface area contributed by atoms with Crippen molar-refractivity contribution in [1.29, 1.82) is 0 Å². The second-order valence-corrected chi connectivity index (χ2v) is 5.82. The van der Waals surface area contributed by atoms with Crippen molar-refractivity contribution in [1.82, 2.24) is 0 Å². The van der Waals surface area contributed by atoms with E-state index in [1.54, 1.807) is 6.07 Å². The molecule has 0 aliphatic rings. The molecule has 0 saturated carbocycles. The van der Waals surface area contributed by atoms with Gasteiger partial charge in [-0.2, -0.15) is 8.42 Å². The maximum Gasteiger partial charge on any atom is 0.296 e. The summed E-state index contributed by atoms with van der Waals surface area (Å²) in [5.41, 5.74) is 5.38. The number of phenols is 1. The van der Waals surface area contributed by atoms with Gasteiger partial charge in [0.1, 0.15) is 10.6 Å². The van der Waals surface area contributed by atoms with E-state index in [-0.39, 0.29) is 21.7 Å². The summed E-state index contributed by atoms with van der Waals surface area (Å²) < 4.78 is 36.0. The number of hydrogen-bond acceptors (Lipinski definition) is 8. The predicted octanol–water partition coefficient (Wildman–Crippen LogP) is 1.80. The van der Waals surface area contributed by atoms with Crippen LogP contribution in [0.4, 0.5) is 5.69 Å². The molecule has 0 aliphatic heterocycles. The smallest absolute Gasteiger partial charge is 0.296 e. The van der Waals surface area contributed by atoms with Crippen molar-refractivity contribution in [3.63, 3.8) is 0 Å². The van der Waals surface area contributed by atoms with Crippen molar-refractivity contribution in [3.8, 4) is 5.75 Å². The van der Waals surface area contributed by atoms with Crippen molar-refractivity contribution < 1.29 is 32.7 Å². The van der Waals surface area contributed by atoms with Gasteiger partial charge in [0.05, 0.1) is 17.7 Å². The summed E-state index contributed by atoms with van der Waals surface area (Å²) in [6.45, 7) is 0. The Morgan fingerprint density at radius 1 is 1.30 bits per heavy atom. The molecular weight excluding hydrogens is 310 g/mol. The van der Waals surface area contributed by atoms with Crippen LogP contribution in [-0.4, -0.2) is 23.3 Å². The fourth-order valence-corrected chi connectivity index (χ4v) is 3.01. The Morgan fingerprint density at radius 2 is 2.00 bits per heavy atom. The monoisotopic (exact) mass is 319 g/mol. The van der Waals surface area contributed by atoms with Crippen molar-refractivity contribution >= 4 is 38.6 Å². The van der Waals surface area contributed by atoms with Gasteiger partial charge in [-0.15, -0.1) is 4.33 Å². The molecule has 0 fully saturated rings. The summed E-state index contributed by atoms with van der Waals surface area (Å²) in [7, 11) is -4.60. The van der Waals surface area contributed by atoms with Crippen LogP contribution < -0.4 is 5.73 Å². The van der Waals surface area contributed by atoms with Crippen molar-refractivity contribution in [2.45, 2.75) is 9.79 Å². The number of hydrogen-bond donors (Lipinski definition) is 4. The maximum atomic E-state index is 11.3. The first-order chi connectivity index (χ1) is 9.36. The van der Waals surface area contributed by atoms with E-state index in [2.05, 4.69) is 9.37 Å². The van der Waals surface area contributed by atoms with Gasteiger partial charge in [0.2, 0.25) is 0 Å². The zero-order valence-electron chi connectivity index (χ0n) is 9.68. The molecule has 0 bridgehead atoms. The van der Waals surface area contributed by atoms with Crippen LogP contribution in [0, 0.1) is 0 Å². The summed E-state index contributed by atoms with van der Waals surface area (Å²) in [4.78, 5) is -0.428. The number of phenolic OH excluding ortho intramolecular Hbond substituents is 1. The number of aromatic hydroxyl groups is 1. The normalized spacial score (nSPS) is 11.9. The van der Waals surface area contributed by atoms with Crippen LogP contribution in [0.5, 0.6) is 5.75 Å². The molecule has 0 aromatic heterocycles. The Balaban J connectivity index is 2.85. The van der Waals surface area contributed by atoms with E-state index in [1.165, 1.54) is 12.1 Å². The molecule has 0 spiro atoms. The Morgan fingerprint density at radius 3 is 2.60 bits per heavy atom. The molecular formula is C10H9NO7S2. The number of rotatable bonds is 4. The predicted molar refractivity (Wildman–Crippen MR) is 70.5 cm³/mol. The molecule has 0 radical (unpaired) electrons. The quantitative estimate of drug-likeness (QED) is 0.218. The first kappa shape index (κ1) is 14.8. The lowest BCUT2D eigenvalue weighted by Crippen LogP contribution is -2.04. The van der Waals surface area contributed by atoms with E-state index in [0.717, 1.165) is 6.07 Å². The standard InChI is InChI=1S/C10H9NO7S2/c11-10-8(20(14,15)16)4-7(19-18-17-13)5-2-1-3-6(12)9(5)10/h1-4,12-13H,11H2,(H,14,15,16). The van der Waals surface area contributed by atoms with Crippen LogP contribution in [-0.2, 0) is 19.5 Å². The fourth-order valence-electron chi connectivity index (χ4n) is 1.76. The first-order valence-electron chi connectivity index (χ1n) is 5.02. The molecule has 8 nitrogen and oxygen atoms in total. The Bertz CT molecular complexity index is 760. The topological polar surface area (TPSA) is 139 Å². The minimum atomic E-state index is -4.60. The van der Waals surface area contributed by atoms with E-state index in [4.69, 9.17) is 15.5 Å². The average molecular weight is 319 g/mol. The number of fused-ring (bicyclic) bond motifs is 1. The third-order valence-electron chi connectivity index (χ3n) is 2.54. The summed E-state index contributed by atoms with van der Waals surface area (Å²) in [6, 6.07) is 5.40. The van der Waals surface area contributed by atoms with Gasteiger partial charge in [-0.1, -0.05) is 17.2 Å². The third kappa shape index (κ3) is 2.65. The highest BCUT2D eigenvalue weighted by molar-refractivity contribution is 7.94. The van der Waals surface area contributed by atoms with Gasteiger partial charge in [0, 0.05) is 15.7 Å². The summed E-state index contributed by atoms with van der Waals surface area (Å²) in [5.74, 6) is -0.266. The summed E-state index contributed by atoms with van der Waals surface area (Å²) >= 11 is 0.483. The van der Waals surface area contributed by atoms with Crippen LogP contribution in [0.15, 0.2) is 34.1 Å². The molecule has 2 aromatic rings. The molecule has 108 valence electrons. The Labute approximate surface area is 117 Å². The Kier molecular flexibility index (Phi) is 4.04. The fraction of sp³-hybridized carbons (Fsp3) is 0. The molecule has 0 saturated heterocycles. The molecule has 5 N–H and O–H groups in total. The highest BCUT2D eigenvalue weighted by atomic mass is 32.2. The molecule has 20 heavy (non-hydrogen) atoms. The summed E-state index contributed by atoms with van der Waals surface area (Å²) in [5, 5.41) is 21.8. The number of anilines is 1. The molecule has 0 aliphatic carbocycles. The van der Waals surface area contributed by atoms with Crippen LogP contribution in [0.2, 0.25) is 0 Å². The van der Waals surface area contributed by atoms with Crippen molar-refractivity contribution in [2.75, 3.05) is 5.73 Å². The van der Waals surface area contributed by atoms with E-state index >= 15 is 0 Å². The van der Waals surface area contributed by atoms with E-state index in [1.807, 2.05) is 0 Å². The SMILES string of the molecule is Nc1c(S(=O)(=O)O)cc(SOOO)c2cccc(O)c12. The van der Waals surface area contributed by atoms with Crippen LogP contribution in [0.1, 0.15) is 0 Å². The van der Waals surface area contributed by atoms with Gasteiger partial charge in [-0.25, -0.2) is 5.26 Å². The van der Waals surface area contributed by atoms with Crippen LogP contribution in [0.25, 0.3) is 10.8 Å². The lowest BCUT2D eigenvalue weighted by molar-refractivity contribution is -0.432. The molecule has 0 heterocycles. The number of nitrogens with two attached hydrogens (primary N) is 1. The zero-order chi connectivity index (χ0) is 14.9. The van der Waals surface area contributed by atoms with Crippen molar-refractivity contribution in [2.24, 2.45) is 0 Å². The van der Waals surface area contributed by atoms with E-state index < -0.39 is 15.0 Å². The molecule has 0 amide bonds. The molecule has 2 aromatic carbocycles. The number of benzene rings is 2. The largest absolute Gasteiger partial charge is 0.507 e. The zero-order valence-corrected chi connectivity index (χ0v) is 11.3. The maximum absolute atomic E-state index is 11.3. The van der Waals surface area contributed by atoms with Gasteiger partial charge in [-0.05, 0) is 12.1 Å². The molecule has 10 heteroatoms. The van der Waals surface area contributed by atoms with Gasteiger partial charge in [0.15, 0.2) is 0 Å². The van der Waals surface area contributed by atoms with Crippen LogP contribution in [0.3, 0.4) is 0 Å². The average Bonchev–Trinajstić information content (AvgIpc) is 2.36. The Hall–Kier alpha value is -1.56. The van der Waals surface area contributed by atoms with Gasteiger partial charge >= 0.3 is 0 Å². The summed E-state index contributed by atoms with van der Waals surface area (Å²) in [6.07, 6.45) is 0. The minimum absolute atomic E-state index is 0.0339. The van der Waals surface area contributed by atoms with Gasteiger partial charge in [-0.3, -0.25) is 4.55 Å². The lowest BCUT2D eigenvalue weighted by atomic mass is 10.1. The highest BCUT2D eigenvalue weighted by Crippen LogP contribution is 2.40. The van der Waals surface area contributed by atoms with E-state index in [9.17, 15) is 13.5 Å². The van der Waals surface area contributed by atoms with Crippen molar-refractivity contribution in [3.05, 3.63) is 24.3 Å². The second-order valence-electron chi connectivity index (χ2n) is 3.69. The number of nitrogen functional groups attached to an aromatic ring is 1. The van der Waals surface area contributed by atoms with Crippen LogP contribution >= 0.6 is 12.0 Å². The highest BCUT2D eigenvalue weighted by Gasteiger charge is 2.21. The first-order valence-corrected chi connectivity index (χ1v) is 7.21. The van der Waals surface area contributed by atoms with E-state index in [0.29, 0.717) is 17.4 Å². The molecule has 0 atom stereocenters. The van der Waals surface area contributed by atoms with Gasteiger partial charge < -0.3 is 10.8 Å². The minimum Gasteiger partial charge on any atom is -0.507 e. The molecule has 0 unspecified atom stereocenters. The third-order valence-corrected chi connectivity index (χ3v) is 4.08. The second kappa shape index (κ2) is 5.44. The lowest BCUT2D eigenvalue weighted by Gasteiger charge is -2.12. The molecule has 2 rings (SSSR count).